The summed E-state index contributed by atoms with van der Waals surface area (Å²) in [6.07, 6.45) is 3.59. The van der Waals surface area contributed by atoms with Crippen LogP contribution in [0.5, 0.6) is 5.75 Å². The summed E-state index contributed by atoms with van der Waals surface area (Å²) in [7, 11) is 3.68. The Hall–Kier alpha value is -3.26. The minimum absolute atomic E-state index is 0.0404. The second-order valence-electron chi connectivity index (χ2n) is 10.1. The molecule has 1 aliphatic rings. The maximum absolute atomic E-state index is 11.9. The number of aromatic nitrogens is 3. The summed E-state index contributed by atoms with van der Waals surface area (Å²) in [5, 5.41) is 14.2. The van der Waals surface area contributed by atoms with E-state index < -0.39 is 5.91 Å². The second kappa shape index (κ2) is 8.26. The molecule has 0 spiro atoms. The molecule has 0 radical (unpaired) electrons. The molecule has 0 atom stereocenters. The number of rotatable bonds is 5. The van der Waals surface area contributed by atoms with Crippen molar-refractivity contribution in [3.63, 3.8) is 0 Å². The third-order valence-corrected chi connectivity index (χ3v) is 6.32. The van der Waals surface area contributed by atoms with Crippen LogP contribution in [-0.2, 0) is 0 Å². The zero-order chi connectivity index (χ0) is 24.0. The van der Waals surface area contributed by atoms with Crippen molar-refractivity contribution in [2.45, 2.75) is 57.7 Å². The van der Waals surface area contributed by atoms with E-state index in [2.05, 4.69) is 60.1 Å². The topological polar surface area (TPSA) is 106 Å². The molecule has 1 saturated heterocycles. The molecule has 0 saturated carbocycles. The first kappa shape index (κ1) is 22.9. The van der Waals surface area contributed by atoms with Gasteiger partial charge in [-0.1, -0.05) is 0 Å². The van der Waals surface area contributed by atoms with E-state index in [9.17, 15) is 4.79 Å². The zero-order valence-electron chi connectivity index (χ0n) is 20.1. The first-order valence-corrected chi connectivity index (χ1v) is 11.1. The minimum atomic E-state index is -0.576. The molecule has 1 aromatic carbocycles. The summed E-state index contributed by atoms with van der Waals surface area (Å²) in [5.41, 5.74) is 7.21. The normalized spacial score (nSPS) is 17.6. The zero-order valence-corrected chi connectivity index (χ0v) is 20.1. The lowest BCUT2D eigenvalue weighted by atomic mass is 9.79. The van der Waals surface area contributed by atoms with Gasteiger partial charge in [0, 0.05) is 41.3 Å². The van der Waals surface area contributed by atoms with Crippen LogP contribution in [-0.4, -0.2) is 52.4 Å². The smallest absolute Gasteiger partial charge is 0.267 e. The average Bonchev–Trinajstić information content (AvgIpc) is 2.75. The van der Waals surface area contributed by atoms with E-state index in [0.717, 1.165) is 29.6 Å². The van der Waals surface area contributed by atoms with E-state index in [4.69, 9.17) is 10.5 Å². The highest BCUT2D eigenvalue weighted by molar-refractivity contribution is 6.06. The first-order valence-electron chi connectivity index (χ1n) is 11.1. The van der Waals surface area contributed by atoms with E-state index in [1.165, 1.54) is 0 Å². The molecule has 3 heterocycles. The van der Waals surface area contributed by atoms with Crippen LogP contribution in [0, 0.1) is 0 Å². The fraction of sp³-hybridized carbons (Fsp3) is 0.440. The van der Waals surface area contributed by atoms with Crippen LogP contribution in [0.15, 0.2) is 36.5 Å². The van der Waals surface area contributed by atoms with Gasteiger partial charge >= 0.3 is 0 Å². The molecule has 2 aromatic heterocycles. The average molecular weight is 449 g/mol. The minimum Gasteiger partial charge on any atom is -0.496 e. The van der Waals surface area contributed by atoms with Crippen molar-refractivity contribution in [1.82, 2.24) is 20.5 Å². The van der Waals surface area contributed by atoms with Gasteiger partial charge < -0.3 is 20.7 Å². The number of piperidine rings is 1. The molecule has 3 N–H and O–H groups in total. The monoisotopic (exact) mass is 448 g/mol. The van der Waals surface area contributed by atoms with E-state index in [0.29, 0.717) is 22.9 Å². The number of pyridine rings is 1. The quantitative estimate of drug-likeness (QED) is 0.615. The summed E-state index contributed by atoms with van der Waals surface area (Å²) >= 11 is 0. The van der Waals surface area contributed by atoms with Gasteiger partial charge in [-0.2, -0.15) is 0 Å². The molecule has 1 fully saturated rings. The Kier molecular flexibility index (Phi) is 5.74. The van der Waals surface area contributed by atoms with Crippen LogP contribution in [0.4, 0.5) is 5.82 Å². The molecule has 3 aromatic rings. The third kappa shape index (κ3) is 4.61. The lowest BCUT2D eigenvalue weighted by Crippen LogP contribution is -2.62. The molecule has 8 nitrogen and oxygen atoms in total. The maximum Gasteiger partial charge on any atom is 0.267 e. The highest BCUT2D eigenvalue weighted by Gasteiger charge is 2.39. The number of fused-ring (bicyclic) bond motifs is 1. The largest absolute Gasteiger partial charge is 0.496 e. The number of methoxy groups -OCH3 is 1. The van der Waals surface area contributed by atoms with Gasteiger partial charge in [-0.25, -0.2) is 0 Å². The van der Waals surface area contributed by atoms with Gasteiger partial charge in [0.15, 0.2) is 5.82 Å². The molecule has 1 aliphatic heterocycles. The van der Waals surface area contributed by atoms with E-state index >= 15 is 0 Å². The van der Waals surface area contributed by atoms with Gasteiger partial charge in [-0.3, -0.25) is 9.78 Å². The number of nitrogens with one attached hydrogen (secondary N) is 1. The third-order valence-electron chi connectivity index (χ3n) is 6.32. The predicted octanol–water partition coefficient (Wildman–Crippen LogP) is 3.54. The van der Waals surface area contributed by atoms with Gasteiger partial charge in [0.05, 0.1) is 12.8 Å². The Morgan fingerprint density at radius 2 is 1.82 bits per heavy atom. The van der Waals surface area contributed by atoms with Crippen molar-refractivity contribution in [3.05, 3.63) is 42.2 Å². The highest BCUT2D eigenvalue weighted by atomic mass is 16.5. The first-order chi connectivity index (χ1) is 15.5. The number of amides is 1. The molecule has 33 heavy (non-hydrogen) atoms. The number of carbonyl (C=O) groups is 1. The number of nitrogens with two attached hydrogens (primary N) is 1. The Morgan fingerprint density at radius 3 is 2.39 bits per heavy atom. The SMILES string of the molecule is COc1cc2ccnc(C(N)=O)c2cc1-c1ccc(N(C)C2CC(C)(C)NC(C)(C)C2)nn1. The lowest BCUT2D eigenvalue weighted by molar-refractivity contribution is 0.0997. The van der Waals surface area contributed by atoms with E-state index in [1.807, 2.05) is 30.3 Å². The van der Waals surface area contributed by atoms with Crippen LogP contribution >= 0.6 is 0 Å². The van der Waals surface area contributed by atoms with Crippen LogP contribution in [0.2, 0.25) is 0 Å². The van der Waals surface area contributed by atoms with Crippen molar-refractivity contribution in [1.29, 1.82) is 0 Å². The fourth-order valence-corrected chi connectivity index (χ4v) is 5.15. The molecule has 8 heteroatoms. The summed E-state index contributed by atoms with van der Waals surface area (Å²) < 4.78 is 5.61. The summed E-state index contributed by atoms with van der Waals surface area (Å²) in [6.45, 7) is 8.96. The van der Waals surface area contributed by atoms with Gasteiger partial charge in [0.1, 0.15) is 11.4 Å². The van der Waals surface area contributed by atoms with Crippen LogP contribution in [0.25, 0.3) is 22.0 Å². The van der Waals surface area contributed by atoms with Crippen molar-refractivity contribution < 1.29 is 9.53 Å². The van der Waals surface area contributed by atoms with Gasteiger partial charge in [-0.05, 0) is 76.3 Å². The number of hydrogen-bond acceptors (Lipinski definition) is 7. The Bertz CT molecular complexity index is 1170. The molecule has 0 unspecified atom stereocenters. The number of carbonyl (C=O) groups excluding carboxylic acids is 1. The highest BCUT2D eigenvalue weighted by Crippen LogP contribution is 2.35. The molecule has 0 aliphatic carbocycles. The number of anilines is 1. The van der Waals surface area contributed by atoms with Gasteiger partial charge in [-0.15, -0.1) is 10.2 Å². The van der Waals surface area contributed by atoms with Crippen molar-refractivity contribution in [3.8, 4) is 17.0 Å². The summed E-state index contributed by atoms with van der Waals surface area (Å²) in [4.78, 5) is 18.2. The number of benzene rings is 1. The number of hydrogen-bond donors (Lipinski definition) is 2. The number of nitrogens with zero attached hydrogens (tertiary/aromatic N) is 4. The summed E-state index contributed by atoms with van der Waals surface area (Å²) in [6, 6.07) is 9.77. The van der Waals surface area contributed by atoms with Crippen molar-refractivity contribution in [2.75, 3.05) is 19.1 Å². The van der Waals surface area contributed by atoms with E-state index in [1.54, 1.807) is 13.3 Å². The molecular formula is C25H32N6O2. The van der Waals surface area contributed by atoms with Crippen LogP contribution < -0.4 is 20.7 Å². The molecule has 4 rings (SSSR count). The second-order valence-corrected chi connectivity index (χ2v) is 10.1. The fourth-order valence-electron chi connectivity index (χ4n) is 5.15. The maximum atomic E-state index is 11.9. The predicted molar refractivity (Wildman–Crippen MR) is 131 cm³/mol. The Labute approximate surface area is 194 Å². The Balaban J connectivity index is 1.68. The van der Waals surface area contributed by atoms with E-state index in [-0.39, 0.29) is 16.8 Å². The number of ether oxygens (including phenoxy) is 1. The molecular weight excluding hydrogens is 416 g/mol. The molecule has 1 amide bonds. The van der Waals surface area contributed by atoms with Crippen LogP contribution in [0.3, 0.4) is 0 Å². The van der Waals surface area contributed by atoms with Gasteiger partial charge in [0.2, 0.25) is 0 Å². The van der Waals surface area contributed by atoms with Crippen LogP contribution in [0.1, 0.15) is 51.0 Å². The van der Waals surface area contributed by atoms with Gasteiger partial charge in [0.25, 0.3) is 5.91 Å². The summed E-state index contributed by atoms with van der Waals surface area (Å²) in [5.74, 6) is 0.880. The van der Waals surface area contributed by atoms with Crippen molar-refractivity contribution >= 4 is 22.5 Å². The number of primary amides is 1. The lowest BCUT2D eigenvalue weighted by Gasteiger charge is -2.49. The molecule has 0 bridgehead atoms. The van der Waals surface area contributed by atoms with Crippen molar-refractivity contribution in [2.24, 2.45) is 5.73 Å². The molecule has 174 valence electrons. The Morgan fingerprint density at radius 1 is 1.12 bits per heavy atom. The standard InChI is InChI=1S/C25H32N6O2/c1-24(2)13-16(14-25(3,4)30-24)31(5)21-8-7-19(28-29-21)18-12-17-15(11-20(18)33-6)9-10-27-22(17)23(26)32/h7-12,16,30H,13-14H2,1-6H3,(H2,26,32).